The number of carboxylic acids is 1. The third-order valence-electron chi connectivity index (χ3n) is 5.17. The number of aliphatic carboxylic acids is 1. The van der Waals surface area contributed by atoms with Gasteiger partial charge in [0, 0.05) is 34.0 Å². The molecule has 0 bridgehead atoms. The normalized spacial score (nSPS) is 12.3. The number of aryl methyl sites for hydroxylation is 1. The smallest absolute Gasteiger partial charge is 0.337 e. The van der Waals surface area contributed by atoms with Gasteiger partial charge in [-0.05, 0) is 30.7 Å². The molecule has 6 nitrogen and oxygen atoms in total. The number of carboxylic acid groups (broad SMARTS) is 1. The molecule has 4 aromatic rings. The average Bonchev–Trinajstić information content (AvgIpc) is 3.01. The first-order chi connectivity index (χ1) is 13.9. The van der Waals surface area contributed by atoms with Crippen molar-refractivity contribution in [3.63, 3.8) is 0 Å². The number of nitrogens with zero attached hydrogens (tertiary/aromatic N) is 1. The zero-order valence-corrected chi connectivity index (χ0v) is 15.8. The number of primary amides is 1. The van der Waals surface area contributed by atoms with E-state index in [4.69, 9.17) is 5.73 Å². The van der Waals surface area contributed by atoms with Gasteiger partial charge < -0.3 is 20.5 Å². The molecule has 1 heterocycles. The van der Waals surface area contributed by atoms with Gasteiger partial charge in [0.1, 0.15) is 0 Å². The molecule has 0 spiro atoms. The summed E-state index contributed by atoms with van der Waals surface area (Å²) < 4.78 is 2.02. The zero-order chi connectivity index (χ0) is 20.7. The molecule has 0 aliphatic heterocycles. The third kappa shape index (κ3) is 3.13. The second kappa shape index (κ2) is 7.07. The van der Waals surface area contributed by atoms with Crippen molar-refractivity contribution >= 4 is 33.7 Å². The molecule has 1 unspecified atom stereocenters. The Morgan fingerprint density at radius 1 is 1.00 bits per heavy atom. The molecule has 4 N–H and O–H groups in total. The van der Waals surface area contributed by atoms with E-state index >= 15 is 0 Å². The van der Waals surface area contributed by atoms with Crippen molar-refractivity contribution in [2.75, 3.05) is 0 Å². The van der Waals surface area contributed by atoms with Gasteiger partial charge in [0.05, 0.1) is 5.52 Å². The van der Waals surface area contributed by atoms with Crippen LogP contribution in [0.4, 0.5) is 0 Å². The summed E-state index contributed by atoms with van der Waals surface area (Å²) in [6.07, 6.45) is -1.71. The van der Waals surface area contributed by atoms with Crippen molar-refractivity contribution in [1.82, 2.24) is 4.57 Å². The Morgan fingerprint density at radius 3 is 2.31 bits per heavy atom. The highest BCUT2D eigenvalue weighted by Gasteiger charge is 2.24. The van der Waals surface area contributed by atoms with Crippen LogP contribution in [0.1, 0.15) is 33.2 Å². The van der Waals surface area contributed by atoms with Crippen molar-refractivity contribution in [3.05, 3.63) is 82.9 Å². The van der Waals surface area contributed by atoms with Gasteiger partial charge in [-0.2, -0.15) is 0 Å². The maximum absolute atomic E-state index is 12.1. The zero-order valence-electron chi connectivity index (χ0n) is 15.8. The number of carbonyl (C=O) groups is 2. The number of benzene rings is 3. The molecule has 29 heavy (non-hydrogen) atoms. The first-order valence-electron chi connectivity index (χ1n) is 9.18. The molecule has 146 valence electrons. The van der Waals surface area contributed by atoms with Crippen LogP contribution in [-0.2, 0) is 11.3 Å². The Hall–Kier alpha value is -3.64. The second-order valence-corrected chi connectivity index (χ2v) is 7.12. The predicted molar refractivity (Wildman–Crippen MR) is 111 cm³/mol. The second-order valence-electron chi connectivity index (χ2n) is 7.12. The summed E-state index contributed by atoms with van der Waals surface area (Å²) in [6.45, 7) is 2.54. The van der Waals surface area contributed by atoms with Gasteiger partial charge in [0.2, 0.25) is 5.91 Å². The Morgan fingerprint density at radius 2 is 1.66 bits per heavy atom. The Kier molecular flexibility index (Phi) is 4.56. The maximum Gasteiger partial charge on any atom is 0.337 e. The van der Waals surface area contributed by atoms with E-state index in [1.807, 2.05) is 41.8 Å². The molecule has 0 aliphatic rings. The van der Waals surface area contributed by atoms with Gasteiger partial charge in [-0.15, -0.1) is 0 Å². The van der Waals surface area contributed by atoms with Crippen molar-refractivity contribution in [1.29, 1.82) is 0 Å². The number of amides is 1. The predicted octanol–water partition coefficient (Wildman–Crippen LogP) is 3.37. The lowest BCUT2D eigenvalue weighted by molar-refractivity contribution is -0.146. The van der Waals surface area contributed by atoms with Crippen LogP contribution in [0.2, 0.25) is 0 Å². The largest absolute Gasteiger partial charge is 0.479 e. The van der Waals surface area contributed by atoms with Crippen molar-refractivity contribution in [3.8, 4) is 0 Å². The van der Waals surface area contributed by atoms with Crippen molar-refractivity contribution < 1.29 is 19.8 Å². The summed E-state index contributed by atoms with van der Waals surface area (Å²) in [4.78, 5) is 23.6. The summed E-state index contributed by atoms with van der Waals surface area (Å²) in [5, 5.41) is 20.7. The highest BCUT2D eigenvalue weighted by molar-refractivity contribution is 6.19. The number of aliphatic hydroxyl groups is 1. The minimum absolute atomic E-state index is 0.233. The molecular formula is C23H20N2O4. The topological polar surface area (TPSA) is 106 Å². The van der Waals surface area contributed by atoms with Gasteiger partial charge >= 0.3 is 5.97 Å². The van der Waals surface area contributed by atoms with Crippen LogP contribution < -0.4 is 5.73 Å². The van der Waals surface area contributed by atoms with Crippen LogP contribution in [0.25, 0.3) is 21.8 Å². The lowest BCUT2D eigenvalue weighted by Crippen LogP contribution is -2.12. The minimum Gasteiger partial charge on any atom is -0.479 e. The van der Waals surface area contributed by atoms with E-state index in [0.717, 1.165) is 22.2 Å². The number of hydrogen-bond donors (Lipinski definition) is 3. The molecule has 4 rings (SSSR count). The highest BCUT2D eigenvalue weighted by atomic mass is 16.4. The van der Waals surface area contributed by atoms with Crippen LogP contribution in [0.15, 0.2) is 60.7 Å². The monoisotopic (exact) mass is 388 g/mol. The number of nitrogens with two attached hydrogens (primary N) is 1. The molecule has 0 aliphatic carbocycles. The van der Waals surface area contributed by atoms with Crippen LogP contribution in [0.3, 0.4) is 0 Å². The summed E-state index contributed by atoms with van der Waals surface area (Å²) in [5.41, 5.74) is 9.81. The first kappa shape index (κ1) is 18.7. The molecule has 3 aromatic carbocycles. The van der Waals surface area contributed by atoms with Gasteiger partial charge in [0.15, 0.2) is 6.10 Å². The fraction of sp³-hybridized carbons (Fsp3) is 0.130. The lowest BCUT2D eigenvalue weighted by Gasteiger charge is -2.10. The van der Waals surface area contributed by atoms with Gasteiger partial charge in [0.25, 0.3) is 0 Å². The first-order valence-corrected chi connectivity index (χ1v) is 9.18. The number of aromatic nitrogens is 1. The molecule has 0 saturated heterocycles. The van der Waals surface area contributed by atoms with E-state index in [1.54, 1.807) is 24.3 Å². The summed E-state index contributed by atoms with van der Waals surface area (Å²) in [6, 6.07) is 18.4. The number of hydrogen-bond acceptors (Lipinski definition) is 3. The van der Waals surface area contributed by atoms with Crippen molar-refractivity contribution in [2.24, 2.45) is 5.73 Å². The average molecular weight is 388 g/mol. The standard InChI is InChI=1S/C23H20N2O4/c1-13-5-2-6-14(11-13)12-25-17-9-3-7-15(21(26)23(28)29)19(17)20-16(22(24)27)8-4-10-18(20)25/h2-11,21,26H,12H2,1H3,(H2,24,27)(H,28,29). The van der Waals surface area contributed by atoms with Gasteiger partial charge in [-0.3, -0.25) is 4.79 Å². The van der Waals surface area contributed by atoms with E-state index in [2.05, 4.69) is 6.07 Å². The molecule has 1 aromatic heterocycles. The van der Waals surface area contributed by atoms with E-state index in [0.29, 0.717) is 22.9 Å². The van der Waals surface area contributed by atoms with Crippen molar-refractivity contribution in [2.45, 2.75) is 19.6 Å². The summed E-state index contributed by atoms with van der Waals surface area (Å²) in [7, 11) is 0. The number of rotatable bonds is 5. The van der Waals surface area contributed by atoms with E-state index in [1.165, 1.54) is 0 Å². The minimum atomic E-state index is -1.71. The summed E-state index contributed by atoms with van der Waals surface area (Å²) in [5.74, 6) is -1.96. The highest BCUT2D eigenvalue weighted by Crippen LogP contribution is 2.36. The fourth-order valence-electron chi connectivity index (χ4n) is 3.94. The molecule has 1 atom stereocenters. The van der Waals surface area contributed by atoms with E-state index < -0.39 is 18.0 Å². The van der Waals surface area contributed by atoms with Crippen LogP contribution in [-0.4, -0.2) is 26.7 Å². The Labute approximate surface area is 166 Å². The van der Waals surface area contributed by atoms with E-state index in [-0.39, 0.29) is 5.56 Å². The van der Waals surface area contributed by atoms with Gasteiger partial charge in [-0.1, -0.05) is 48.0 Å². The third-order valence-corrected chi connectivity index (χ3v) is 5.17. The number of fused-ring (bicyclic) bond motifs is 3. The SMILES string of the molecule is Cc1cccc(Cn2c3cccc(C(N)=O)c3c3c(C(O)C(=O)O)cccc32)c1. The molecule has 6 heteroatoms. The van der Waals surface area contributed by atoms with Gasteiger partial charge in [-0.25, -0.2) is 4.79 Å². The quantitative estimate of drug-likeness (QED) is 0.487. The van der Waals surface area contributed by atoms with Crippen LogP contribution in [0, 0.1) is 6.92 Å². The number of carbonyl (C=O) groups excluding carboxylic acids is 1. The summed E-state index contributed by atoms with van der Waals surface area (Å²) >= 11 is 0. The molecular weight excluding hydrogens is 368 g/mol. The number of aliphatic hydroxyl groups excluding tert-OH is 1. The Bertz CT molecular complexity index is 1270. The fourth-order valence-corrected chi connectivity index (χ4v) is 3.94. The van der Waals surface area contributed by atoms with E-state index in [9.17, 15) is 19.8 Å². The Balaban J connectivity index is 2.10. The molecule has 0 radical (unpaired) electrons. The molecule has 0 fully saturated rings. The maximum atomic E-state index is 12.1. The molecule has 0 saturated carbocycles. The molecule has 1 amide bonds. The van der Waals surface area contributed by atoms with Crippen LogP contribution >= 0.6 is 0 Å². The lowest BCUT2D eigenvalue weighted by atomic mass is 9.99. The van der Waals surface area contributed by atoms with Crippen LogP contribution in [0.5, 0.6) is 0 Å².